The minimum atomic E-state index is -0.256. The van der Waals surface area contributed by atoms with Gasteiger partial charge in [0.15, 0.2) is 15.8 Å². The third kappa shape index (κ3) is 3.75. The third-order valence-electron chi connectivity index (χ3n) is 3.47. The van der Waals surface area contributed by atoms with Gasteiger partial charge in [-0.25, -0.2) is 0 Å². The predicted molar refractivity (Wildman–Crippen MR) is 96.4 cm³/mol. The Hall–Kier alpha value is -2.58. The van der Waals surface area contributed by atoms with Crippen molar-refractivity contribution in [2.45, 2.75) is 10.1 Å². The molecule has 0 aliphatic carbocycles. The molecule has 6 nitrogen and oxygen atoms in total. The Morgan fingerprint density at radius 3 is 2.84 bits per heavy atom. The Morgan fingerprint density at radius 1 is 1.12 bits per heavy atom. The highest BCUT2D eigenvalue weighted by molar-refractivity contribution is 8.00. The molecule has 0 spiro atoms. The van der Waals surface area contributed by atoms with Crippen LogP contribution in [-0.2, 0) is 5.75 Å². The van der Waals surface area contributed by atoms with Gasteiger partial charge >= 0.3 is 0 Å². The number of thioether (sulfide) groups is 1. The molecule has 1 aliphatic heterocycles. The zero-order valence-corrected chi connectivity index (χ0v) is 14.6. The third-order valence-corrected chi connectivity index (χ3v) is 5.51. The first-order valence-corrected chi connectivity index (χ1v) is 9.29. The summed E-state index contributed by atoms with van der Waals surface area (Å²) in [4.78, 5) is 12.3. The van der Waals surface area contributed by atoms with Crippen molar-refractivity contribution in [3.05, 3.63) is 59.7 Å². The minimum Gasteiger partial charge on any atom is -0.454 e. The Balaban J connectivity index is 1.38. The number of benzene rings is 2. The van der Waals surface area contributed by atoms with Crippen LogP contribution < -0.4 is 14.8 Å². The van der Waals surface area contributed by atoms with Gasteiger partial charge in [0.1, 0.15) is 0 Å². The molecule has 25 heavy (non-hydrogen) atoms. The fraction of sp³-hybridized carbons (Fsp3) is 0.118. The molecule has 2 aromatic carbocycles. The first-order chi connectivity index (χ1) is 12.3. The molecular formula is C17H13N3O3S2. The summed E-state index contributed by atoms with van der Waals surface area (Å²) in [6.45, 7) is 0.179. The molecule has 8 heteroatoms. The van der Waals surface area contributed by atoms with Crippen molar-refractivity contribution in [2.24, 2.45) is 0 Å². The second kappa shape index (κ2) is 7.12. The quantitative estimate of drug-likeness (QED) is 0.543. The molecule has 1 amide bonds. The highest BCUT2D eigenvalue weighted by atomic mass is 32.2. The number of hydrogen-bond donors (Lipinski definition) is 1. The summed E-state index contributed by atoms with van der Waals surface area (Å²) < 4.78 is 11.3. The second-order valence-electron chi connectivity index (χ2n) is 5.17. The Morgan fingerprint density at radius 2 is 1.96 bits per heavy atom. The van der Waals surface area contributed by atoms with Crippen molar-refractivity contribution in [1.29, 1.82) is 0 Å². The van der Waals surface area contributed by atoms with E-state index in [1.807, 2.05) is 18.2 Å². The molecule has 1 N–H and O–H groups in total. The molecule has 0 radical (unpaired) electrons. The van der Waals surface area contributed by atoms with E-state index in [0.29, 0.717) is 22.2 Å². The van der Waals surface area contributed by atoms with Gasteiger partial charge in [-0.15, -0.1) is 10.2 Å². The van der Waals surface area contributed by atoms with Crippen LogP contribution in [0, 0.1) is 0 Å². The lowest BCUT2D eigenvalue weighted by Gasteiger charge is -2.02. The summed E-state index contributed by atoms with van der Waals surface area (Å²) in [6.07, 6.45) is 0. The first-order valence-electron chi connectivity index (χ1n) is 7.49. The highest BCUT2D eigenvalue weighted by Gasteiger charge is 2.17. The number of carbonyl (C=O) groups excluding carboxylic acids is 1. The fourth-order valence-corrected chi connectivity index (χ4v) is 3.95. The number of fused-ring (bicyclic) bond motifs is 1. The van der Waals surface area contributed by atoms with E-state index in [1.165, 1.54) is 16.9 Å². The number of anilines is 1. The van der Waals surface area contributed by atoms with Crippen LogP contribution in [0.3, 0.4) is 0 Å². The van der Waals surface area contributed by atoms with Crippen LogP contribution in [0.15, 0.2) is 52.9 Å². The van der Waals surface area contributed by atoms with E-state index in [4.69, 9.17) is 9.47 Å². The summed E-state index contributed by atoms with van der Waals surface area (Å²) in [5.41, 5.74) is 1.70. The van der Waals surface area contributed by atoms with Crippen LogP contribution in [-0.4, -0.2) is 22.9 Å². The molecule has 3 aromatic rings. The number of carbonyl (C=O) groups is 1. The second-order valence-corrected chi connectivity index (χ2v) is 7.37. The standard InChI is InChI=1S/C17H13N3O3S2/c21-15(12-6-7-13-14(8-12)23-10-22-13)18-16-19-20-17(25-16)24-9-11-4-2-1-3-5-11/h1-8H,9-10H2,(H,18,19,21). The number of ether oxygens (including phenoxy) is 2. The monoisotopic (exact) mass is 371 g/mol. The van der Waals surface area contributed by atoms with Crippen molar-refractivity contribution < 1.29 is 14.3 Å². The number of nitrogens with zero attached hydrogens (tertiary/aromatic N) is 2. The number of amides is 1. The van der Waals surface area contributed by atoms with Gasteiger partial charge in [0.2, 0.25) is 11.9 Å². The highest BCUT2D eigenvalue weighted by Crippen LogP contribution is 2.33. The molecule has 0 fully saturated rings. The zero-order valence-electron chi connectivity index (χ0n) is 13.0. The van der Waals surface area contributed by atoms with Crippen LogP contribution in [0.1, 0.15) is 15.9 Å². The lowest BCUT2D eigenvalue weighted by molar-refractivity contribution is 0.102. The normalized spacial score (nSPS) is 12.2. The molecule has 4 rings (SSSR count). The number of hydrogen-bond acceptors (Lipinski definition) is 7. The Bertz CT molecular complexity index is 899. The van der Waals surface area contributed by atoms with Gasteiger partial charge in [0.05, 0.1) is 0 Å². The number of rotatable bonds is 5. The number of aromatic nitrogens is 2. The molecule has 0 saturated heterocycles. The van der Waals surface area contributed by atoms with Gasteiger partial charge in [-0.1, -0.05) is 53.4 Å². The summed E-state index contributed by atoms with van der Waals surface area (Å²) in [6, 6.07) is 15.2. The van der Waals surface area contributed by atoms with Gasteiger partial charge in [-0.2, -0.15) is 0 Å². The molecule has 0 unspecified atom stereocenters. The maximum atomic E-state index is 12.3. The molecule has 126 valence electrons. The predicted octanol–water partition coefficient (Wildman–Crippen LogP) is 3.81. The topological polar surface area (TPSA) is 73.3 Å². The molecule has 0 saturated carbocycles. The average molecular weight is 371 g/mol. The van der Waals surface area contributed by atoms with Crippen molar-refractivity contribution in [2.75, 3.05) is 12.1 Å². The van der Waals surface area contributed by atoms with Crippen molar-refractivity contribution in [3.63, 3.8) is 0 Å². The summed E-state index contributed by atoms with van der Waals surface area (Å²) in [5.74, 6) is 1.77. The summed E-state index contributed by atoms with van der Waals surface area (Å²) >= 11 is 2.94. The van der Waals surface area contributed by atoms with E-state index in [9.17, 15) is 4.79 Å². The summed E-state index contributed by atoms with van der Waals surface area (Å²) in [5, 5.41) is 11.4. The maximum absolute atomic E-state index is 12.3. The summed E-state index contributed by atoms with van der Waals surface area (Å²) in [7, 11) is 0. The molecule has 0 bridgehead atoms. The molecule has 2 heterocycles. The maximum Gasteiger partial charge on any atom is 0.257 e. The SMILES string of the molecule is O=C(Nc1nnc(SCc2ccccc2)s1)c1ccc2c(c1)OCO2. The van der Waals surface area contributed by atoms with Gasteiger partial charge < -0.3 is 9.47 Å². The van der Waals surface area contributed by atoms with Crippen LogP contribution >= 0.6 is 23.1 Å². The Labute approximate surface area is 152 Å². The van der Waals surface area contributed by atoms with Crippen LogP contribution in [0.2, 0.25) is 0 Å². The molecule has 0 atom stereocenters. The lowest BCUT2D eigenvalue weighted by atomic mass is 10.2. The van der Waals surface area contributed by atoms with Gasteiger partial charge in [0, 0.05) is 11.3 Å². The van der Waals surface area contributed by atoms with Crippen molar-refractivity contribution in [3.8, 4) is 11.5 Å². The largest absolute Gasteiger partial charge is 0.454 e. The van der Waals surface area contributed by atoms with Crippen LogP contribution in [0.25, 0.3) is 0 Å². The van der Waals surface area contributed by atoms with Crippen LogP contribution in [0.4, 0.5) is 5.13 Å². The van der Waals surface area contributed by atoms with E-state index in [-0.39, 0.29) is 12.7 Å². The smallest absolute Gasteiger partial charge is 0.257 e. The van der Waals surface area contributed by atoms with E-state index in [1.54, 1.807) is 30.0 Å². The van der Waals surface area contributed by atoms with Crippen molar-refractivity contribution in [1.82, 2.24) is 10.2 Å². The fourth-order valence-electron chi connectivity index (χ4n) is 2.24. The van der Waals surface area contributed by atoms with Crippen molar-refractivity contribution >= 4 is 34.1 Å². The van der Waals surface area contributed by atoms with Gasteiger partial charge in [-0.05, 0) is 23.8 Å². The molecular weight excluding hydrogens is 358 g/mol. The molecule has 1 aromatic heterocycles. The van der Waals surface area contributed by atoms with Gasteiger partial charge in [-0.3, -0.25) is 10.1 Å². The first kappa shape index (κ1) is 15.9. The zero-order chi connectivity index (χ0) is 17.1. The van der Waals surface area contributed by atoms with E-state index in [0.717, 1.165) is 10.1 Å². The molecule has 1 aliphatic rings. The van der Waals surface area contributed by atoms with E-state index >= 15 is 0 Å². The number of nitrogens with one attached hydrogen (secondary N) is 1. The van der Waals surface area contributed by atoms with Crippen LogP contribution in [0.5, 0.6) is 11.5 Å². The Kier molecular flexibility index (Phi) is 4.53. The van der Waals surface area contributed by atoms with E-state index < -0.39 is 0 Å². The average Bonchev–Trinajstić information content (AvgIpc) is 3.29. The van der Waals surface area contributed by atoms with E-state index in [2.05, 4.69) is 27.6 Å². The van der Waals surface area contributed by atoms with Gasteiger partial charge in [0.25, 0.3) is 5.91 Å². The minimum absolute atomic E-state index is 0.179. The lowest BCUT2D eigenvalue weighted by Crippen LogP contribution is -2.11.